The number of rotatable bonds is 5. The molecule has 1 atom stereocenters. The molecule has 5 heteroatoms. The molecule has 0 aliphatic heterocycles. The van der Waals surface area contributed by atoms with Gasteiger partial charge in [-0.15, -0.1) is 0 Å². The van der Waals surface area contributed by atoms with Crippen LogP contribution in [0.15, 0.2) is 76.5 Å². The number of benzene rings is 2. The molecule has 0 heterocycles. The van der Waals surface area contributed by atoms with Crippen LogP contribution >= 0.6 is 0 Å². The number of ether oxygens (including phenoxy) is 1. The molecule has 0 bridgehead atoms. The van der Waals surface area contributed by atoms with Crippen molar-refractivity contribution in [3.05, 3.63) is 66.7 Å². The summed E-state index contributed by atoms with van der Waals surface area (Å²) in [5.74, 6) is 0.300. The highest BCUT2D eigenvalue weighted by Gasteiger charge is 2.18. The van der Waals surface area contributed by atoms with Crippen molar-refractivity contribution in [3.63, 3.8) is 0 Å². The summed E-state index contributed by atoms with van der Waals surface area (Å²) in [6.45, 7) is 0. The number of sulfone groups is 1. The third kappa shape index (κ3) is 3.74. The molecule has 124 valence electrons. The van der Waals surface area contributed by atoms with Gasteiger partial charge in [-0.1, -0.05) is 30.4 Å². The van der Waals surface area contributed by atoms with E-state index < -0.39 is 9.84 Å². The third-order valence-electron chi connectivity index (χ3n) is 3.96. The molecule has 0 N–H and O–H groups in total. The maximum atomic E-state index is 12.5. The minimum Gasteiger partial charge on any atom is -0.427 e. The Morgan fingerprint density at radius 3 is 2.29 bits per heavy atom. The van der Waals surface area contributed by atoms with E-state index in [0.29, 0.717) is 12.2 Å². The van der Waals surface area contributed by atoms with E-state index in [9.17, 15) is 13.2 Å². The Labute approximate surface area is 141 Å². The zero-order valence-corrected chi connectivity index (χ0v) is 13.9. The predicted octanol–water partition coefficient (Wildman–Crippen LogP) is 3.78. The number of esters is 1. The van der Waals surface area contributed by atoms with Crippen LogP contribution < -0.4 is 4.74 Å². The molecule has 2 aromatic carbocycles. The summed E-state index contributed by atoms with van der Waals surface area (Å²) in [6.07, 6.45) is 6.44. The second-order valence-electron chi connectivity index (χ2n) is 5.73. The Morgan fingerprint density at radius 2 is 1.67 bits per heavy atom. The van der Waals surface area contributed by atoms with Crippen molar-refractivity contribution in [2.45, 2.75) is 29.1 Å². The number of hydrogen-bond donors (Lipinski definition) is 0. The van der Waals surface area contributed by atoms with Gasteiger partial charge in [0.15, 0.2) is 0 Å². The van der Waals surface area contributed by atoms with Gasteiger partial charge >= 0.3 is 5.97 Å². The quantitative estimate of drug-likeness (QED) is 0.471. The maximum Gasteiger partial charge on any atom is 0.311 e. The molecule has 3 rings (SSSR count). The van der Waals surface area contributed by atoms with E-state index in [1.165, 1.54) is 24.3 Å². The molecule has 4 nitrogen and oxygen atoms in total. The molecule has 0 unspecified atom stereocenters. The van der Waals surface area contributed by atoms with E-state index in [0.717, 1.165) is 12.8 Å². The van der Waals surface area contributed by atoms with Crippen LogP contribution in [0, 0.1) is 5.92 Å². The molecule has 0 amide bonds. The lowest BCUT2D eigenvalue weighted by molar-refractivity contribution is -0.135. The van der Waals surface area contributed by atoms with Crippen molar-refractivity contribution >= 4 is 15.8 Å². The highest BCUT2D eigenvalue weighted by Crippen LogP contribution is 2.24. The van der Waals surface area contributed by atoms with Crippen molar-refractivity contribution in [2.75, 3.05) is 0 Å². The zero-order valence-electron chi connectivity index (χ0n) is 13.1. The predicted molar refractivity (Wildman–Crippen MR) is 90.5 cm³/mol. The van der Waals surface area contributed by atoms with Gasteiger partial charge in [0, 0.05) is 0 Å². The summed E-state index contributed by atoms with van der Waals surface area (Å²) < 4.78 is 30.2. The Bertz CT molecular complexity index is 837. The molecule has 0 aromatic heterocycles. The van der Waals surface area contributed by atoms with Gasteiger partial charge in [0.1, 0.15) is 5.75 Å². The summed E-state index contributed by atoms with van der Waals surface area (Å²) in [5.41, 5.74) is 0. The summed E-state index contributed by atoms with van der Waals surface area (Å²) in [7, 11) is -3.55. The lowest BCUT2D eigenvalue weighted by Gasteiger charge is -2.09. The van der Waals surface area contributed by atoms with Crippen LogP contribution in [0.1, 0.15) is 19.3 Å². The average molecular weight is 342 g/mol. The van der Waals surface area contributed by atoms with E-state index >= 15 is 0 Å². The van der Waals surface area contributed by atoms with Crippen LogP contribution in [0.4, 0.5) is 0 Å². The standard InChI is InChI=1S/C19H18O4S/c20-19(14-15-6-4-5-7-15)23-16-10-12-18(13-11-16)24(21,22)17-8-2-1-3-9-17/h1-4,6,8-13,15H,5,7,14H2/t15-/m0/s1. The fraction of sp³-hybridized carbons (Fsp3) is 0.211. The second-order valence-corrected chi connectivity index (χ2v) is 7.68. The minimum atomic E-state index is -3.55. The van der Waals surface area contributed by atoms with Gasteiger partial charge in [-0.3, -0.25) is 4.79 Å². The van der Waals surface area contributed by atoms with E-state index in [2.05, 4.69) is 6.08 Å². The first-order valence-corrected chi connectivity index (χ1v) is 9.31. The van der Waals surface area contributed by atoms with E-state index in [1.54, 1.807) is 30.3 Å². The number of allylic oxidation sites excluding steroid dienone is 2. The van der Waals surface area contributed by atoms with Crippen molar-refractivity contribution < 1.29 is 17.9 Å². The molecule has 0 fully saturated rings. The highest BCUT2D eigenvalue weighted by molar-refractivity contribution is 7.91. The summed E-state index contributed by atoms with van der Waals surface area (Å²) in [4.78, 5) is 12.3. The van der Waals surface area contributed by atoms with Crippen LogP contribution in [0.2, 0.25) is 0 Å². The van der Waals surface area contributed by atoms with Gasteiger partial charge in [-0.2, -0.15) is 0 Å². The lowest BCUT2D eigenvalue weighted by atomic mass is 10.1. The van der Waals surface area contributed by atoms with Gasteiger partial charge in [-0.25, -0.2) is 8.42 Å². The van der Waals surface area contributed by atoms with Crippen molar-refractivity contribution in [1.82, 2.24) is 0 Å². The van der Waals surface area contributed by atoms with Crippen LogP contribution in [0.3, 0.4) is 0 Å². The van der Waals surface area contributed by atoms with Gasteiger partial charge < -0.3 is 4.74 Å². The van der Waals surface area contributed by atoms with Gasteiger partial charge in [0.05, 0.1) is 16.2 Å². The van der Waals surface area contributed by atoms with Crippen molar-refractivity contribution in [1.29, 1.82) is 0 Å². The van der Waals surface area contributed by atoms with Gasteiger partial charge in [0.25, 0.3) is 0 Å². The van der Waals surface area contributed by atoms with Crippen LogP contribution in [-0.4, -0.2) is 14.4 Å². The first-order valence-electron chi connectivity index (χ1n) is 7.83. The maximum absolute atomic E-state index is 12.5. The van der Waals surface area contributed by atoms with E-state index in [-0.39, 0.29) is 21.7 Å². The average Bonchev–Trinajstić information content (AvgIpc) is 3.09. The summed E-state index contributed by atoms with van der Waals surface area (Å²) >= 11 is 0. The number of carbonyl (C=O) groups excluding carboxylic acids is 1. The SMILES string of the molecule is O=C(C[C@H]1C=CCC1)Oc1ccc(S(=O)(=O)c2ccccc2)cc1. The highest BCUT2D eigenvalue weighted by atomic mass is 32.2. The van der Waals surface area contributed by atoms with Crippen molar-refractivity contribution in [2.24, 2.45) is 5.92 Å². The third-order valence-corrected chi connectivity index (χ3v) is 5.75. The molecule has 1 aliphatic carbocycles. The molecular formula is C19H18O4S. The smallest absolute Gasteiger partial charge is 0.311 e. The topological polar surface area (TPSA) is 60.4 Å². The van der Waals surface area contributed by atoms with Crippen LogP contribution in [0.25, 0.3) is 0 Å². The molecule has 0 saturated heterocycles. The summed E-state index contributed by atoms with van der Waals surface area (Å²) in [5, 5.41) is 0. The number of carbonyl (C=O) groups is 1. The fourth-order valence-electron chi connectivity index (χ4n) is 2.68. The molecule has 2 aromatic rings. The van der Waals surface area contributed by atoms with Gasteiger partial charge in [-0.05, 0) is 55.2 Å². The van der Waals surface area contributed by atoms with Crippen LogP contribution in [-0.2, 0) is 14.6 Å². The first kappa shape index (κ1) is 16.5. The monoisotopic (exact) mass is 342 g/mol. The summed E-state index contributed by atoms with van der Waals surface area (Å²) in [6, 6.07) is 14.2. The first-order chi connectivity index (χ1) is 11.6. The second kappa shape index (κ2) is 7.01. The molecule has 0 radical (unpaired) electrons. The molecule has 0 saturated carbocycles. The zero-order chi connectivity index (χ0) is 17.0. The molecule has 1 aliphatic rings. The normalized spacial score (nSPS) is 16.9. The molecule has 0 spiro atoms. The Hall–Kier alpha value is -2.40. The van der Waals surface area contributed by atoms with E-state index in [4.69, 9.17) is 4.74 Å². The Balaban J connectivity index is 1.69. The van der Waals surface area contributed by atoms with E-state index in [1.807, 2.05) is 6.08 Å². The molecule has 24 heavy (non-hydrogen) atoms. The Kier molecular flexibility index (Phi) is 4.81. The fourth-order valence-corrected chi connectivity index (χ4v) is 3.96. The van der Waals surface area contributed by atoms with Crippen molar-refractivity contribution in [3.8, 4) is 5.75 Å². The van der Waals surface area contributed by atoms with Crippen LogP contribution in [0.5, 0.6) is 5.75 Å². The molecular weight excluding hydrogens is 324 g/mol. The number of hydrogen-bond acceptors (Lipinski definition) is 4. The largest absolute Gasteiger partial charge is 0.427 e. The van der Waals surface area contributed by atoms with Gasteiger partial charge in [0.2, 0.25) is 9.84 Å². The lowest BCUT2D eigenvalue weighted by Crippen LogP contribution is -2.12. The Morgan fingerprint density at radius 1 is 1.00 bits per heavy atom. The minimum absolute atomic E-state index is 0.173.